The van der Waals surface area contributed by atoms with Gasteiger partial charge in [0.05, 0.1) is 18.2 Å². The molecule has 2 aromatic rings. The molecular formula is C17H20BrNO2. The van der Waals surface area contributed by atoms with E-state index in [9.17, 15) is 0 Å². The average Bonchev–Trinajstić information content (AvgIpc) is 2.52. The van der Waals surface area contributed by atoms with E-state index in [1.54, 1.807) is 7.11 Å². The standard InChI is InChI=1S/C17H20BrNO2/c1-12(15-6-7-17(21-2)16(18)9-15)19-10-13-4-3-5-14(8-13)11-20/h3-9,12,19-20H,10-11H2,1-2H3. The predicted octanol–water partition coefficient (Wildman–Crippen LogP) is 3.80. The molecule has 1 atom stereocenters. The van der Waals surface area contributed by atoms with Gasteiger partial charge in [0, 0.05) is 12.6 Å². The van der Waals surface area contributed by atoms with E-state index in [1.807, 2.05) is 24.3 Å². The first-order chi connectivity index (χ1) is 10.1. The highest BCUT2D eigenvalue weighted by atomic mass is 79.9. The van der Waals surface area contributed by atoms with Gasteiger partial charge in [0.15, 0.2) is 0 Å². The minimum atomic E-state index is 0.0782. The third-order valence-electron chi connectivity index (χ3n) is 3.46. The lowest BCUT2D eigenvalue weighted by Crippen LogP contribution is -2.18. The monoisotopic (exact) mass is 349 g/mol. The van der Waals surface area contributed by atoms with Crippen LogP contribution >= 0.6 is 15.9 Å². The van der Waals surface area contributed by atoms with Crippen LogP contribution < -0.4 is 10.1 Å². The summed E-state index contributed by atoms with van der Waals surface area (Å²) in [5.74, 6) is 0.835. The molecule has 0 amide bonds. The molecule has 0 aromatic heterocycles. The van der Waals surface area contributed by atoms with Crippen molar-refractivity contribution < 1.29 is 9.84 Å². The molecule has 0 radical (unpaired) electrons. The molecule has 0 saturated carbocycles. The lowest BCUT2D eigenvalue weighted by molar-refractivity contribution is 0.281. The maximum absolute atomic E-state index is 9.16. The Morgan fingerprint density at radius 3 is 2.62 bits per heavy atom. The summed E-state index contributed by atoms with van der Waals surface area (Å²) >= 11 is 3.51. The van der Waals surface area contributed by atoms with Gasteiger partial charge in [-0.3, -0.25) is 0 Å². The van der Waals surface area contributed by atoms with Gasteiger partial charge in [-0.25, -0.2) is 0 Å². The number of halogens is 1. The van der Waals surface area contributed by atoms with Gasteiger partial charge < -0.3 is 15.2 Å². The summed E-state index contributed by atoms with van der Waals surface area (Å²) in [4.78, 5) is 0. The maximum atomic E-state index is 9.16. The number of hydrogen-bond acceptors (Lipinski definition) is 3. The second-order valence-corrected chi connectivity index (χ2v) is 5.83. The molecule has 0 saturated heterocycles. The Morgan fingerprint density at radius 2 is 1.95 bits per heavy atom. The van der Waals surface area contributed by atoms with Crippen molar-refractivity contribution in [2.24, 2.45) is 0 Å². The zero-order chi connectivity index (χ0) is 15.2. The van der Waals surface area contributed by atoms with Gasteiger partial charge in [-0.1, -0.05) is 30.3 Å². The van der Waals surface area contributed by atoms with Crippen LogP contribution in [0.5, 0.6) is 5.75 Å². The van der Waals surface area contributed by atoms with Crippen LogP contribution in [0.4, 0.5) is 0 Å². The van der Waals surface area contributed by atoms with Crippen LogP contribution in [0.25, 0.3) is 0 Å². The van der Waals surface area contributed by atoms with Gasteiger partial charge in [-0.05, 0) is 51.7 Å². The summed E-state index contributed by atoms with van der Waals surface area (Å²) in [6.45, 7) is 2.97. The highest BCUT2D eigenvalue weighted by Crippen LogP contribution is 2.28. The topological polar surface area (TPSA) is 41.5 Å². The van der Waals surface area contributed by atoms with Crippen molar-refractivity contribution in [1.29, 1.82) is 0 Å². The van der Waals surface area contributed by atoms with E-state index in [2.05, 4.69) is 46.4 Å². The summed E-state index contributed by atoms with van der Waals surface area (Å²) in [7, 11) is 1.66. The molecule has 0 aliphatic rings. The first kappa shape index (κ1) is 16.0. The van der Waals surface area contributed by atoms with Gasteiger partial charge in [0.25, 0.3) is 0 Å². The first-order valence-electron chi connectivity index (χ1n) is 6.89. The number of nitrogens with one attached hydrogen (secondary N) is 1. The van der Waals surface area contributed by atoms with Crippen LogP contribution in [0.2, 0.25) is 0 Å². The number of aliphatic hydroxyl groups is 1. The van der Waals surface area contributed by atoms with Crippen LogP contribution in [-0.2, 0) is 13.2 Å². The summed E-state index contributed by atoms with van der Waals surface area (Å²) in [5.41, 5.74) is 3.30. The number of ether oxygens (including phenoxy) is 1. The minimum absolute atomic E-state index is 0.0782. The number of rotatable bonds is 6. The molecule has 2 N–H and O–H groups in total. The molecule has 0 bridgehead atoms. The van der Waals surface area contributed by atoms with Gasteiger partial charge >= 0.3 is 0 Å². The molecule has 0 heterocycles. The van der Waals surface area contributed by atoms with E-state index in [4.69, 9.17) is 9.84 Å². The fourth-order valence-electron chi connectivity index (χ4n) is 2.18. The van der Waals surface area contributed by atoms with Crippen molar-refractivity contribution in [2.45, 2.75) is 26.1 Å². The molecule has 1 unspecified atom stereocenters. The average molecular weight is 350 g/mol. The van der Waals surface area contributed by atoms with Crippen molar-refractivity contribution in [1.82, 2.24) is 5.32 Å². The molecule has 0 fully saturated rings. The summed E-state index contributed by atoms with van der Waals surface area (Å²) in [6.07, 6.45) is 0. The van der Waals surface area contributed by atoms with Crippen LogP contribution in [0.1, 0.15) is 29.7 Å². The zero-order valence-corrected chi connectivity index (χ0v) is 13.9. The van der Waals surface area contributed by atoms with Gasteiger partial charge in [0.2, 0.25) is 0 Å². The van der Waals surface area contributed by atoms with Crippen molar-refractivity contribution in [3.63, 3.8) is 0 Å². The van der Waals surface area contributed by atoms with Crippen molar-refractivity contribution in [2.75, 3.05) is 7.11 Å². The zero-order valence-electron chi connectivity index (χ0n) is 12.3. The number of aliphatic hydroxyl groups excluding tert-OH is 1. The van der Waals surface area contributed by atoms with Crippen molar-refractivity contribution >= 4 is 15.9 Å². The van der Waals surface area contributed by atoms with Crippen molar-refractivity contribution in [3.8, 4) is 5.75 Å². The Labute approximate surface area is 134 Å². The van der Waals surface area contributed by atoms with Crippen LogP contribution in [-0.4, -0.2) is 12.2 Å². The SMILES string of the molecule is COc1ccc(C(C)NCc2cccc(CO)c2)cc1Br. The molecule has 3 nitrogen and oxygen atoms in total. The summed E-state index contributed by atoms with van der Waals surface area (Å²) in [6, 6.07) is 14.3. The van der Waals surface area contributed by atoms with Crippen LogP contribution in [0, 0.1) is 0 Å². The quantitative estimate of drug-likeness (QED) is 0.833. The molecule has 4 heteroatoms. The Hall–Kier alpha value is -1.36. The summed E-state index contributed by atoms with van der Waals surface area (Å²) < 4.78 is 6.20. The molecule has 2 aromatic carbocycles. The summed E-state index contributed by atoms with van der Waals surface area (Å²) in [5, 5.41) is 12.6. The van der Waals surface area contributed by atoms with Crippen molar-refractivity contribution in [3.05, 3.63) is 63.6 Å². The minimum Gasteiger partial charge on any atom is -0.496 e. The third-order valence-corrected chi connectivity index (χ3v) is 4.08. The molecule has 21 heavy (non-hydrogen) atoms. The van der Waals surface area contributed by atoms with E-state index in [-0.39, 0.29) is 12.6 Å². The molecule has 0 spiro atoms. The largest absolute Gasteiger partial charge is 0.496 e. The van der Waals surface area contributed by atoms with E-state index in [0.29, 0.717) is 0 Å². The first-order valence-corrected chi connectivity index (χ1v) is 7.69. The molecule has 0 aliphatic carbocycles. The normalized spacial score (nSPS) is 12.2. The van der Waals surface area contributed by atoms with E-state index in [0.717, 1.165) is 22.3 Å². The Kier molecular flexibility index (Phi) is 5.79. The third kappa shape index (κ3) is 4.30. The van der Waals surface area contributed by atoms with E-state index in [1.165, 1.54) is 11.1 Å². The lowest BCUT2D eigenvalue weighted by atomic mass is 10.1. The molecular weight excluding hydrogens is 330 g/mol. The van der Waals surface area contributed by atoms with E-state index >= 15 is 0 Å². The molecule has 112 valence electrons. The van der Waals surface area contributed by atoms with Gasteiger partial charge in [-0.15, -0.1) is 0 Å². The second kappa shape index (κ2) is 7.59. The van der Waals surface area contributed by atoms with Gasteiger partial charge in [0.1, 0.15) is 5.75 Å². The number of benzene rings is 2. The highest BCUT2D eigenvalue weighted by Gasteiger charge is 2.08. The second-order valence-electron chi connectivity index (χ2n) is 4.97. The fraction of sp³-hybridized carbons (Fsp3) is 0.294. The highest BCUT2D eigenvalue weighted by molar-refractivity contribution is 9.10. The Bertz CT molecular complexity index is 601. The smallest absolute Gasteiger partial charge is 0.133 e. The maximum Gasteiger partial charge on any atom is 0.133 e. The number of methoxy groups -OCH3 is 1. The van der Waals surface area contributed by atoms with Crippen LogP contribution in [0.3, 0.4) is 0 Å². The Balaban J connectivity index is 2.00. The molecule has 0 aliphatic heterocycles. The Morgan fingerprint density at radius 1 is 1.19 bits per heavy atom. The lowest BCUT2D eigenvalue weighted by Gasteiger charge is -2.16. The van der Waals surface area contributed by atoms with E-state index < -0.39 is 0 Å². The predicted molar refractivity (Wildman–Crippen MR) is 88.3 cm³/mol. The number of hydrogen-bond donors (Lipinski definition) is 2. The fourth-order valence-corrected chi connectivity index (χ4v) is 2.74. The molecule has 2 rings (SSSR count). The van der Waals surface area contributed by atoms with Crippen LogP contribution in [0.15, 0.2) is 46.9 Å². The van der Waals surface area contributed by atoms with Gasteiger partial charge in [-0.2, -0.15) is 0 Å².